The van der Waals surface area contributed by atoms with Crippen LogP contribution in [-0.2, 0) is 19.5 Å². The van der Waals surface area contributed by atoms with Gasteiger partial charge in [0.05, 0.1) is 19.0 Å². The molecule has 0 aliphatic rings. The molecule has 0 spiro atoms. The van der Waals surface area contributed by atoms with Crippen LogP contribution in [0.1, 0.15) is 6.92 Å². The van der Waals surface area contributed by atoms with Crippen LogP contribution in [-0.4, -0.2) is 47.6 Å². The minimum atomic E-state index is -3.18. The van der Waals surface area contributed by atoms with E-state index in [0.29, 0.717) is 19.8 Å². The van der Waals surface area contributed by atoms with Crippen molar-refractivity contribution in [1.29, 1.82) is 0 Å². The summed E-state index contributed by atoms with van der Waals surface area (Å²) in [5, 5.41) is 0. The zero-order valence-electron chi connectivity index (χ0n) is 8.08. The Bertz CT molecular complexity index is 187. The summed E-state index contributed by atoms with van der Waals surface area (Å²) in [5.41, 5.74) is 0. The van der Waals surface area contributed by atoms with Crippen LogP contribution < -0.4 is 4.72 Å². The van der Waals surface area contributed by atoms with Crippen LogP contribution in [0, 0.1) is 0 Å². The fourth-order valence-corrected chi connectivity index (χ4v) is 1.56. The summed E-state index contributed by atoms with van der Waals surface area (Å²) in [4.78, 5) is 0. The molecule has 0 bridgehead atoms. The molecule has 0 saturated carbocycles. The molecule has 80 valence electrons. The van der Waals surface area contributed by atoms with E-state index in [1.807, 2.05) is 6.92 Å². The Balaban J connectivity index is 3.55. The van der Waals surface area contributed by atoms with Gasteiger partial charge in [-0.05, 0) is 6.92 Å². The van der Waals surface area contributed by atoms with E-state index in [1.54, 1.807) is 0 Å². The molecule has 1 N–H and O–H groups in total. The number of nitrogens with one attached hydrogen (secondary N) is 1. The summed E-state index contributed by atoms with van der Waals surface area (Å²) in [6.45, 7) is 3.29. The van der Waals surface area contributed by atoms with Crippen LogP contribution in [0.4, 0.5) is 0 Å². The van der Waals surface area contributed by atoms with Crippen molar-refractivity contribution in [1.82, 2.24) is 4.72 Å². The third kappa shape index (κ3) is 8.17. The summed E-state index contributed by atoms with van der Waals surface area (Å²) < 4.78 is 34.3. The zero-order valence-corrected chi connectivity index (χ0v) is 8.89. The van der Waals surface area contributed by atoms with Gasteiger partial charge in [-0.2, -0.15) is 0 Å². The summed E-state index contributed by atoms with van der Waals surface area (Å²) >= 11 is 0. The average molecular weight is 211 g/mol. The molecule has 0 unspecified atom stereocenters. The van der Waals surface area contributed by atoms with Gasteiger partial charge in [-0.3, -0.25) is 0 Å². The van der Waals surface area contributed by atoms with Crippen LogP contribution in [0.2, 0.25) is 0 Å². The van der Waals surface area contributed by atoms with Crippen molar-refractivity contribution in [3.05, 3.63) is 0 Å². The number of methoxy groups -OCH3 is 1. The molecule has 0 radical (unpaired) electrons. The number of hydrogen-bond acceptors (Lipinski definition) is 4. The molecule has 0 rings (SSSR count). The standard InChI is InChI=1S/C7H17NO4S/c1-3-12-6-7-13(9,10)8-4-5-11-2/h8H,3-7H2,1-2H3. The largest absolute Gasteiger partial charge is 0.383 e. The lowest BCUT2D eigenvalue weighted by Gasteiger charge is -2.05. The fraction of sp³-hybridized carbons (Fsp3) is 1.00. The van der Waals surface area contributed by atoms with Gasteiger partial charge >= 0.3 is 0 Å². The topological polar surface area (TPSA) is 64.6 Å². The van der Waals surface area contributed by atoms with Gasteiger partial charge in [-0.1, -0.05) is 0 Å². The highest BCUT2D eigenvalue weighted by molar-refractivity contribution is 7.89. The highest BCUT2D eigenvalue weighted by atomic mass is 32.2. The fourth-order valence-electron chi connectivity index (χ4n) is 0.684. The Labute approximate surface area is 79.5 Å². The van der Waals surface area contributed by atoms with E-state index in [0.717, 1.165) is 0 Å². The Morgan fingerprint density at radius 2 is 2.00 bits per heavy atom. The molecule has 0 aromatic rings. The van der Waals surface area contributed by atoms with Crippen molar-refractivity contribution >= 4 is 10.0 Å². The van der Waals surface area contributed by atoms with Crippen LogP contribution in [0.25, 0.3) is 0 Å². The summed E-state index contributed by atoms with van der Waals surface area (Å²) in [7, 11) is -1.66. The molecule has 0 amide bonds. The Morgan fingerprint density at radius 1 is 1.31 bits per heavy atom. The van der Waals surface area contributed by atoms with Crippen LogP contribution in [0.3, 0.4) is 0 Å². The summed E-state index contributed by atoms with van der Waals surface area (Å²) in [6.07, 6.45) is 0. The molecule has 0 aromatic carbocycles. The lowest BCUT2D eigenvalue weighted by atomic mass is 10.7. The normalized spacial score (nSPS) is 11.8. The monoisotopic (exact) mass is 211 g/mol. The van der Waals surface area contributed by atoms with Gasteiger partial charge in [0.2, 0.25) is 10.0 Å². The zero-order chi connectivity index (χ0) is 10.2. The van der Waals surface area contributed by atoms with Crippen LogP contribution >= 0.6 is 0 Å². The van der Waals surface area contributed by atoms with Gasteiger partial charge in [0.15, 0.2) is 0 Å². The van der Waals surface area contributed by atoms with Gasteiger partial charge < -0.3 is 9.47 Å². The Hall–Kier alpha value is -0.170. The van der Waals surface area contributed by atoms with Gasteiger partial charge in [0.25, 0.3) is 0 Å². The molecule has 0 heterocycles. The Morgan fingerprint density at radius 3 is 2.54 bits per heavy atom. The minimum absolute atomic E-state index is 0.00452. The lowest BCUT2D eigenvalue weighted by Crippen LogP contribution is -2.31. The van der Waals surface area contributed by atoms with Crippen molar-refractivity contribution in [2.24, 2.45) is 0 Å². The lowest BCUT2D eigenvalue weighted by molar-refractivity contribution is 0.163. The molecule has 0 saturated heterocycles. The highest BCUT2D eigenvalue weighted by Gasteiger charge is 2.08. The first-order valence-electron chi connectivity index (χ1n) is 4.16. The third-order valence-corrected chi connectivity index (χ3v) is 2.68. The molecule has 6 heteroatoms. The first kappa shape index (κ1) is 12.8. The SMILES string of the molecule is CCOCCS(=O)(=O)NCCOC. The van der Waals surface area contributed by atoms with E-state index in [2.05, 4.69) is 4.72 Å². The Kier molecular flexibility index (Phi) is 7.16. The quantitative estimate of drug-likeness (QED) is 0.554. The molecule has 5 nitrogen and oxygen atoms in total. The first-order chi connectivity index (χ1) is 6.12. The van der Waals surface area contributed by atoms with Crippen molar-refractivity contribution < 1.29 is 17.9 Å². The van der Waals surface area contributed by atoms with Gasteiger partial charge in [-0.25, -0.2) is 13.1 Å². The molecular weight excluding hydrogens is 194 g/mol. The number of ether oxygens (including phenoxy) is 2. The van der Waals surface area contributed by atoms with Crippen molar-refractivity contribution in [2.75, 3.05) is 39.2 Å². The average Bonchev–Trinajstić information content (AvgIpc) is 2.05. The molecule has 0 atom stereocenters. The maximum Gasteiger partial charge on any atom is 0.213 e. The van der Waals surface area contributed by atoms with Crippen molar-refractivity contribution in [3.8, 4) is 0 Å². The summed E-state index contributed by atoms with van der Waals surface area (Å²) in [6, 6.07) is 0. The van der Waals surface area contributed by atoms with Crippen molar-refractivity contribution in [2.45, 2.75) is 6.92 Å². The highest BCUT2D eigenvalue weighted by Crippen LogP contribution is 1.85. The molecule has 0 aromatic heterocycles. The first-order valence-corrected chi connectivity index (χ1v) is 5.81. The second-order valence-corrected chi connectivity index (χ2v) is 4.33. The molecule has 0 aliphatic carbocycles. The van der Waals surface area contributed by atoms with E-state index in [-0.39, 0.29) is 12.4 Å². The summed E-state index contributed by atoms with van der Waals surface area (Å²) in [5.74, 6) is 0.00452. The second-order valence-electron chi connectivity index (χ2n) is 2.40. The van der Waals surface area contributed by atoms with E-state index < -0.39 is 10.0 Å². The van der Waals surface area contributed by atoms with Gasteiger partial charge in [0, 0.05) is 20.3 Å². The second kappa shape index (κ2) is 7.25. The van der Waals surface area contributed by atoms with E-state index in [4.69, 9.17) is 9.47 Å². The number of rotatable bonds is 8. The maximum absolute atomic E-state index is 11.1. The van der Waals surface area contributed by atoms with Gasteiger partial charge in [0.1, 0.15) is 0 Å². The van der Waals surface area contributed by atoms with E-state index in [9.17, 15) is 8.42 Å². The van der Waals surface area contributed by atoms with Crippen molar-refractivity contribution in [3.63, 3.8) is 0 Å². The molecule has 0 fully saturated rings. The van der Waals surface area contributed by atoms with E-state index in [1.165, 1.54) is 7.11 Å². The predicted molar refractivity (Wildman–Crippen MR) is 50.2 cm³/mol. The molecule has 0 aliphatic heterocycles. The van der Waals surface area contributed by atoms with Crippen LogP contribution in [0.15, 0.2) is 0 Å². The maximum atomic E-state index is 11.1. The number of hydrogen-bond donors (Lipinski definition) is 1. The smallest absolute Gasteiger partial charge is 0.213 e. The minimum Gasteiger partial charge on any atom is -0.383 e. The predicted octanol–water partition coefficient (Wildman–Crippen LogP) is -0.411. The number of sulfonamides is 1. The van der Waals surface area contributed by atoms with E-state index >= 15 is 0 Å². The van der Waals surface area contributed by atoms with Gasteiger partial charge in [-0.15, -0.1) is 0 Å². The molecule has 13 heavy (non-hydrogen) atoms. The third-order valence-electron chi connectivity index (χ3n) is 1.33. The van der Waals surface area contributed by atoms with Crippen LogP contribution in [0.5, 0.6) is 0 Å². The molecular formula is C7H17NO4S.